The summed E-state index contributed by atoms with van der Waals surface area (Å²) in [6.45, 7) is 18.8. The van der Waals surface area contributed by atoms with Gasteiger partial charge in [0.15, 0.2) is 0 Å². The second kappa shape index (κ2) is 10.4. The van der Waals surface area contributed by atoms with E-state index in [2.05, 4.69) is 94.3 Å². The van der Waals surface area contributed by atoms with Crippen molar-refractivity contribution in [3.05, 3.63) is 83.9 Å². The maximum Gasteiger partial charge on any atom is 0.0629 e. The summed E-state index contributed by atoms with van der Waals surface area (Å²) >= 11 is 0. The smallest absolute Gasteiger partial charge is 0.0629 e. The van der Waals surface area contributed by atoms with E-state index in [0.717, 1.165) is 37.2 Å². The summed E-state index contributed by atoms with van der Waals surface area (Å²) in [6.07, 6.45) is 4.81. The van der Waals surface area contributed by atoms with E-state index in [9.17, 15) is 0 Å². The van der Waals surface area contributed by atoms with Crippen LogP contribution in [0.15, 0.2) is 61.7 Å². The van der Waals surface area contributed by atoms with Crippen molar-refractivity contribution in [2.75, 3.05) is 6.61 Å². The summed E-state index contributed by atoms with van der Waals surface area (Å²) in [5.74, 6) is 0. The first-order chi connectivity index (χ1) is 13.3. The fourth-order valence-corrected chi connectivity index (χ4v) is 3.13. The monoisotopic (exact) mass is 377 g/mol. The quantitative estimate of drug-likeness (QED) is 0.464. The van der Waals surface area contributed by atoms with Crippen molar-refractivity contribution < 1.29 is 4.74 Å². The van der Waals surface area contributed by atoms with Crippen LogP contribution < -0.4 is 0 Å². The van der Waals surface area contributed by atoms with Crippen LogP contribution >= 0.6 is 0 Å². The van der Waals surface area contributed by atoms with Gasteiger partial charge in [-0.05, 0) is 49.4 Å². The molecule has 0 aliphatic rings. The molecular formula is C26H35NO. The molecule has 2 rings (SSSR count). The molecule has 2 nitrogen and oxygen atoms in total. The topological polar surface area (TPSA) is 12.5 Å². The molecule has 0 N–H and O–H groups in total. The average molecular weight is 378 g/mol. The fourth-order valence-electron chi connectivity index (χ4n) is 3.13. The van der Waals surface area contributed by atoms with E-state index in [1.165, 1.54) is 11.1 Å². The van der Waals surface area contributed by atoms with E-state index in [-0.39, 0.29) is 5.60 Å². The van der Waals surface area contributed by atoms with Gasteiger partial charge >= 0.3 is 0 Å². The van der Waals surface area contributed by atoms with Gasteiger partial charge in [0.1, 0.15) is 0 Å². The zero-order valence-corrected chi connectivity index (χ0v) is 17.9. The van der Waals surface area contributed by atoms with Crippen LogP contribution in [-0.2, 0) is 17.8 Å². The van der Waals surface area contributed by atoms with Crippen LogP contribution in [0.25, 0.3) is 12.2 Å². The first kappa shape index (κ1) is 22.1. The van der Waals surface area contributed by atoms with Crippen molar-refractivity contribution in [1.29, 1.82) is 0 Å². The van der Waals surface area contributed by atoms with Gasteiger partial charge in [-0.3, -0.25) is 4.90 Å². The minimum Gasteiger partial charge on any atom is -0.374 e. The molecule has 1 atom stereocenters. The second-order valence-corrected chi connectivity index (χ2v) is 8.28. The molecule has 2 aromatic rings. The number of hydrogen-bond donors (Lipinski definition) is 0. The second-order valence-electron chi connectivity index (χ2n) is 8.28. The van der Waals surface area contributed by atoms with E-state index < -0.39 is 0 Å². The zero-order valence-electron chi connectivity index (χ0n) is 17.9. The van der Waals surface area contributed by atoms with Crippen LogP contribution in [0.1, 0.15) is 56.4 Å². The Labute approximate surface area is 171 Å². The Morgan fingerprint density at radius 1 is 0.857 bits per heavy atom. The molecule has 0 saturated heterocycles. The van der Waals surface area contributed by atoms with Crippen LogP contribution in [0, 0.1) is 0 Å². The number of benzene rings is 2. The Kier molecular flexibility index (Phi) is 8.22. The van der Waals surface area contributed by atoms with Crippen LogP contribution in [0.3, 0.4) is 0 Å². The Balaban J connectivity index is 2.20. The molecule has 0 fully saturated rings. The first-order valence-corrected chi connectivity index (χ1v) is 10.2. The highest BCUT2D eigenvalue weighted by atomic mass is 16.5. The Hall–Kier alpha value is -2.16. The largest absolute Gasteiger partial charge is 0.374 e. The summed E-state index contributed by atoms with van der Waals surface area (Å²) in [7, 11) is 0. The van der Waals surface area contributed by atoms with Gasteiger partial charge in [0.25, 0.3) is 0 Å². The van der Waals surface area contributed by atoms with Crippen molar-refractivity contribution >= 4 is 12.2 Å². The lowest BCUT2D eigenvalue weighted by Crippen LogP contribution is -2.39. The predicted molar refractivity (Wildman–Crippen MR) is 122 cm³/mol. The number of hydrogen-bond acceptors (Lipinski definition) is 2. The van der Waals surface area contributed by atoms with Crippen molar-refractivity contribution in [3.63, 3.8) is 0 Å². The van der Waals surface area contributed by atoms with Crippen molar-refractivity contribution in [2.45, 2.75) is 58.8 Å². The molecule has 0 aliphatic heterocycles. The molecule has 2 aromatic carbocycles. The van der Waals surface area contributed by atoms with Gasteiger partial charge in [-0.15, -0.1) is 0 Å². The molecule has 0 amide bonds. The van der Waals surface area contributed by atoms with E-state index in [4.69, 9.17) is 4.74 Å². The van der Waals surface area contributed by atoms with Crippen LogP contribution in [-0.4, -0.2) is 23.1 Å². The minimum absolute atomic E-state index is 0.129. The molecule has 2 heteroatoms. The molecule has 1 unspecified atom stereocenters. The van der Waals surface area contributed by atoms with Crippen LogP contribution in [0.4, 0.5) is 0 Å². The number of rotatable bonds is 10. The molecule has 0 radical (unpaired) electrons. The molecule has 0 aromatic heterocycles. The summed E-state index contributed by atoms with van der Waals surface area (Å²) < 4.78 is 6.14. The fraction of sp³-hybridized carbons (Fsp3) is 0.385. The van der Waals surface area contributed by atoms with Gasteiger partial charge in [-0.25, -0.2) is 0 Å². The highest BCUT2D eigenvalue weighted by molar-refractivity contribution is 5.48. The Bertz CT molecular complexity index is 684. The molecule has 28 heavy (non-hydrogen) atoms. The highest BCUT2D eigenvalue weighted by Gasteiger charge is 2.21. The van der Waals surface area contributed by atoms with Gasteiger partial charge in [0.2, 0.25) is 0 Å². The van der Waals surface area contributed by atoms with Crippen molar-refractivity contribution in [1.82, 2.24) is 4.90 Å². The average Bonchev–Trinajstić information content (AvgIpc) is 2.68. The summed E-state index contributed by atoms with van der Waals surface area (Å²) in [4.78, 5) is 2.53. The van der Waals surface area contributed by atoms with Gasteiger partial charge < -0.3 is 4.74 Å². The third-order valence-electron chi connectivity index (χ3n) is 4.90. The van der Waals surface area contributed by atoms with Crippen molar-refractivity contribution in [3.8, 4) is 0 Å². The minimum atomic E-state index is -0.129. The van der Waals surface area contributed by atoms with Crippen LogP contribution in [0.2, 0.25) is 0 Å². The van der Waals surface area contributed by atoms with E-state index in [1.807, 2.05) is 12.2 Å². The van der Waals surface area contributed by atoms with Crippen LogP contribution in [0.5, 0.6) is 0 Å². The highest BCUT2D eigenvalue weighted by Crippen LogP contribution is 2.19. The third-order valence-corrected chi connectivity index (χ3v) is 4.90. The first-order valence-electron chi connectivity index (χ1n) is 10.2. The zero-order chi connectivity index (χ0) is 20.6. The Morgan fingerprint density at radius 2 is 1.29 bits per heavy atom. The molecule has 150 valence electrons. The van der Waals surface area contributed by atoms with Gasteiger partial charge in [0.05, 0.1) is 12.2 Å². The van der Waals surface area contributed by atoms with Gasteiger partial charge in [-0.2, -0.15) is 0 Å². The normalized spacial score (nSPS) is 12.8. The van der Waals surface area contributed by atoms with E-state index >= 15 is 0 Å². The third kappa shape index (κ3) is 7.10. The maximum atomic E-state index is 6.14. The molecular weight excluding hydrogens is 342 g/mol. The molecule has 0 heterocycles. The lowest BCUT2D eigenvalue weighted by atomic mass is 10.1. The maximum absolute atomic E-state index is 6.14. The predicted octanol–water partition coefficient (Wildman–Crippen LogP) is 6.57. The van der Waals surface area contributed by atoms with E-state index in [0.29, 0.717) is 6.04 Å². The molecule has 0 saturated carbocycles. The van der Waals surface area contributed by atoms with Gasteiger partial charge in [0, 0.05) is 19.1 Å². The SMILES string of the molecule is C=Cc1ccc(CN(Cc2ccc(C=C)cc2)C(CC)COC(C)(C)C)cc1. The summed E-state index contributed by atoms with van der Waals surface area (Å²) in [6, 6.07) is 17.7. The standard InChI is InChI=1S/C26H35NO/c1-7-21-10-14-23(15-11-21)18-27(25(9-3)20-28-26(4,5)6)19-24-16-12-22(8-2)13-17-24/h7-8,10-17,25H,1-2,9,18-20H2,3-6H3. The van der Waals surface area contributed by atoms with Crippen molar-refractivity contribution in [2.24, 2.45) is 0 Å². The van der Waals surface area contributed by atoms with E-state index in [1.54, 1.807) is 0 Å². The lowest BCUT2D eigenvalue weighted by molar-refractivity contribution is -0.0391. The molecule has 0 bridgehead atoms. The summed E-state index contributed by atoms with van der Waals surface area (Å²) in [5, 5.41) is 0. The molecule has 0 spiro atoms. The number of ether oxygens (including phenoxy) is 1. The van der Waals surface area contributed by atoms with Gasteiger partial charge in [-0.1, -0.05) is 80.8 Å². The molecule has 0 aliphatic carbocycles. The summed E-state index contributed by atoms with van der Waals surface area (Å²) in [5.41, 5.74) is 4.79. The Morgan fingerprint density at radius 3 is 1.61 bits per heavy atom. The lowest BCUT2D eigenvalue weighted by Gasteiger charge is -2.33. The number of nitrogens with zero attached hydrogens (tertiary/aromatic N) is 1.